The number of piperidine rings is 1. The molecule has 34 heavy (non-hydrogen) atoms. The summed E-state index contributed by atoms with van der Waals surface area (Å²) in [4.78, 5) is 15.2. The van der Waals surface area contributed by atoms with Crippen molar-refractivity contribution < 1.29 is 13.2 Å². The zero-order valence-electron chi connectivity index (χ0n) is 20.3. The molecular weight excluding hydrogens is 463 g/mol. The first-order chi connectivity index (χ1) is 15.8. The van der Waals surface area contributed by atoms with E-state index in [1.54, 1.807) is 24.0 Å². The van der Waals surface area contributed by atoms with E-state index in [9.17, 15) is 13.2 Å². The first kappa shape index (κ1) is 25.5. The number of hydrogen-bond donors (Lipinski definition) is 2. The van der Waals surface area contributed by atoms with Crippen LogP contribution in [0.1, 0.15) is 47.9 Å². The minimum Gasteiger partial charge on any atom is -0.307 e. The molecule has 0 spiro atoms. The number of urea groups is 1. The Bertz CT molecular complexity index is 1140. The Labute approximate surface area is 223 Å². The van der Waals surface area contributed by atoms with Crippen LogP contribution in [-0.2, 0) is 42.9 Å². The molecule has 1 radical (unpaired) electrons. The fourth-order valence-electron chi connectivity index (χ4n) is 5.53. The molecule has 5 rings (SSSR count). The molecule has 0 bridgehead atoms. The summed E-state index contributed by atoms with van der Waals surface area (Å²) in [5.74, 6) is 0.328. The molecule has 11 heteroatoms. The Kier molecular flexibility index (Phi) is 7.64. The average molecular weight is 496 g/mol. The van der Waals surface area contributed by atoms with Gasteiger partial charge in [-0.3, -0.25) is 4.68 Å². The minimum absolute atomic E-state index is 0. The zero-order valence-corrected chi connectivity index (χ0v) is 23.1. The molecule has 9 nitrogen and oxygen atoms in total. The van der Waals surface area contributed by atoms with Crippen LogP contribution in [-0.4, -0.2) is 84.9 Å². The van der Waals surface area contributed by atoms with Gasteiger partial charge in [0.05, 0.1) is 6.04 Å². The molecule has 1 saturated heterocycles. The van der Waals surface area contributed by atoms with Gasteiger partial charge in [0, 0.05) is 54.6 Å². The van der Waals surface area contributed by atoms with Crippen molar-refractivity contribution in [2.45, 2.75) is 57.4 Å². The van der Waals surface area contributed by atoms with Crippen LogP contribution in [0.25, 0.3) is 0 Å². The molecule has 0 unspecified atom stereocenters. The fourth-order valence-corrected chi connectivity index (χ4v) is 6.86. The molecule has 2 amide bonds. The number of amides is 2. The monoisotopic (exact) mass is 495 g/mol. The van der Waals surface area contributed by atoms with Crippen LogP contribution in [0.3, 0.4) is 0 Å². The predicted octanol–water partition coefficient (Wildman–Crippen LogP) is 1.98. The van der Waals surface area contributed by atoms with E-state index in [-0.39, 0.29) is 35.6 Å². The summed E-state index contributed by atoms with van der Waals surface area (Å²) in [6.07, 6.45) is 9.06. The summed E-state index contributed by atoms with van der Waals surface area (Å²) >= 11 is 0. The maximum atomic E-state index is 13.5. The second-order valence-corrected chi connectivity index (χ2v) is 11.0. The van der Waals surface area contributed by atoms with Gasteiger partial charge in [0.25, 0.3) is 0 Å². The van der Waals surface area contributed by atoms with Gasteiger partial charge in [-0.25, -0.2) is 13.8 Å². The van der Waals surface area contributed by atoms with Gasteiger partial charge in [-0.15, -0.1) is 0 Å². The Morgan fingerprint density at radius 3 is 2.24 bits per heavy atom. The molecule has 2 N–H and O–H groups in total. The number of aryl methyl sites for hydroxylation is 3. The number of carbonyl (C=O) groups is 1. The number of nitrogens with one attached hydrogen (secondary N) is 2. The van der Waals surface area contributed by atoms with Crippen molar-refractivity contribution >= 4 is 57.3 Å². The molecule has 1 aliphatic heterocycles. The van der Waals surface area contributed by atoms with Crippen molar-refractivity contribution in [1.82, 2.24) is 19.4 Å². The molecule has 3 aliphatic rings. The SMILES string of the molecule is CN1CCC(N(c2ccn(C)n2)S(=O)(=O)NC(=O)Nc2c3c(cc4c2CCC4)CCC3)CC1.[Na]. The number of anilines is 2. The first-order valence-corrected chi connectivity index (χ1v) is 13.2. The van der Waals surface area contributed by atoms with Crippen molar-refractivity contribution in [2.75, 3.05) is 29.8 Å². The van der Waals surface area contributed by atoms with Crippen LogP contribution in [0.4, 0.5) is 16.3 Å². The van der Waals surface area contributed by atoms with E-state index in [1.807, 2.05) is 7.05 Å². The predicted molar refractivity (Wildman–Crippen MR) is 134 cm³/mol. The zero-order chi connectivity index (χ0) is 23.2. The van der Waals surface area contributed by atoms with Crippen LogP contribution in [0.5, 0.6) is 0 Å². The summed E-state index contributed by atoms with van der Waals surface area (Å²) in [7, 11) is -0.374. The third-order valence-electron chi connectivity index (χ3n) is 7.14. The number of benzene rings is 1. The van der Waals surface area contributed by atoms with E-state index >= 15 is 0 Å². The van der Waals surface area contributed by atoms with E-state index in [4.69, 9.17) is 0 Å². The third kappa shape index (κ3) is 5.02. The number of likely N-dealkylation sites (tertiary alicyclic amines) is 1. The van der Waals surface area contributed by atoms with Gasteiger partial charge in [-0.05, 0) is 93.8 Å². The van der Waals surface area contributed by atoms with Crippen molar-refractivity contribution in [3.05, 3.63) is 40.6 Å². The van der Waals surface area contributed by atoms with E-state index in [0.29, 0.717) is 18.7 Å². The van der Waals surface area contributed by atoms with Crippen LogP contribution >= 0.6 is 0 Å². The molecule has 0 atom stereocenters. The number of rotatable bonds is 5. The standard InChI is InChI=1S/C23H32N6O3S.Na/c1-27-12-9-18(10-13-27)29(21-11-14-28(2)25-21)33(31,32)26-23(30)24-22-19-7-3-5-16(19)15-17-6-4-8-20(17)22;/h11,14-15,18H,3-10,12-13H2,1-2H3,(H2,24,26,30);. The Morgan fingerprint density at radius 2 is 1.68 bits per heavy atom. The van der Waals surface area contributed by atoms with Gasteiger partial charge in [-0.1, -0.05) is 6.07 Å². The Morgan fingerprint density at radius 1 is 1.06 bits per heavy atom. The largest absolute Gasteiger partial charge is 0.334 e. The van der Waals surface area contributed by atoms with Gasteiger partial charge in [0.2, 0.25) is 0 Å². The van der Waals surface area contributed by atoms with Gasteiger partial charge in [-0.2, -0.15) is 13.5 Å². The van der Waals surface area contributed by atoms with Crippen molar-refractivity contribution in [3.63, 3.8) is 0 Å². The summed E-state index contributed by atoms with van der Waals surface area (Å²) < 4.78 is 32.1. The maximum absolute atomic E-state index is 13.5. The quantitative estimate of drug-likeness (QED) is 0.618. The fraction of sp³-hybridized carbons (Fsp3) is 0.565. The molecule has 0 saturated carbocycles. The average Bonchev–Trinajstić information content (AvgIpc) is 3.50. The molecule has 2 heterocycles. The van der Waals surface area contributed by atoms with Crippen molar-refractivity contribution in [3.8, 4) is 0 Å². The smallest absolute Gasteiger partial charge is 0.307 e. The number of carbonyl (C=O) groups excluding carboxylic acids is 1. The second kappa shape index (κ2) is 10.2. The first-order valence-electron chi connectivity index (χ1n) is 11.8. The molecule has 2 aromatic rings. The van der Waals surface area contributed by atoms with E-state index in [0.717, 1.165) is 57.3 Å². The molecule has 1 fully saturated rings. The molecule has 2 aliphatic carbocycles. The van der Waals surface area contributed by atoms with E-state index in [2.05, 4.69) is 26.1 Å². The summed E-state index contributed by atoms with van der Waals surface area (Å²) in [5.41, 5.74) is 5.74. The Hall–Kier alpha value is -1.59. The van der Waals surface area contributed by atoms with Gasteiger partial charge >= 0.3 is 16.2 Å². The van der Waals surface area contributed by atoms with Crippen LogP contribution < -0.4 is 14.3 Å². The van der Waals surface area contributed by atoms with E-state index in [1.165, 1.54) is 26.6 Å². The second-order valence-electron chi connectivity index (χ2n) is 9.47. The number of nitrogens with zero attached hydrogens (tertiary/aromatic N) is 4. The maximum Gasteiger partial charge on any atom is 0.334 e. The molecular formula is C23H32N6NaO3S. The van der Waals surface area contributed by atoms with Crippen LogP contribution in [0.2, 0.25) is 0 Å². The number of aromatic nitrogens is 2. The summed E-state index contributed by atoms with van der Waals surface area (Å²) in [6.45, 7) is 1.58. The molecule has 1 aromatic heterocycles. The molecule has 179 valence electrons. The van der Waals surface area contributed by atoms with Crippen molar-refractivity contribution in [1.29, 1.82) is 0 Å². The third-order valence-corrected chi connectivity index (χ3v) is 8.58. The van der Waals surface area contributed by atoms with Gasteiger partial charge < -0.3 is 10.2 Å². The normalized spacial score (nSPS) is 18.2. The van der Waals surface area contributed by atoms with E-state index < -0.39 is 16.2 Å². The minimum atomic E-state index is -4.15. The van der Waals surface area contributed by atoms with Crippen LogP contribution in [0, 0.1) is 0 Å². The summed E-state index contributed by atoms with van der Waals surface area (Å²) in [6, 6.07) is 2.99. The van der Waals surface area contributed by atoms with Crippen LogP contribution in [0.15, 0.2) is 18.3 Å². The Balaban J connectivity index is 0.00000274. The van der Waals surface area contributed by atoms with Crippen molar-refractivity contribution in [2.24, 2.45) is 7.05 Å². The topological polar surface area (TPSA) is 99.6 Å². The molecule has 1 aromatic carbocycles. The number of hydrogen-bond acceptors (Lipinski definition) is 5. The van der Waals surface area contributed by atoms with Gasteiger partial charge in [0.15, 0.2) is 5.82 Å². The summed E-state index contributed by atoms with van der Waals surface area (Å²) in [5, 5.41) is 7.27. The number of fused-ring (bicyclic) bond motifs is 2. The van der Waals surface area contributed by atoms with Gasteiger partial charge in [0.1, 0.15) is 0 Å².